The highest BCUT2D eigenvalue weighted by atomic mass is 35.5. The Labute approximate surface area is 169 Å². The molecular formula is C21H22ClN3O3. The highest BCUT2D eigenvalue weighted by molar-refractivity contribution is 6.30. The summed E-state index contributed by atoms with van der Waals surface area (Å²) in [5.74, 6) is 1.53. The van der Waals surface area contributed by atoms with Gasteiger partial charge in [-0.1, -0.05) is 11.6 Å². The van der Waals surface area contributed by atoms with Crippen LogP contribution in [0.5, 0.6) is 11.5 Å². The van der Waals surface area contributed by atoms with Crippen molar-refractivity contribution in [2.45, 2.75) is 19.4 Å². The first-order chi connectivity index (χ1) is 13.6. The van der Waals surface area contributed by atoms with Crippen molar-refractivity contribution in [3.8, 4) is 17.2 Å². The predicted molar refractivity (Wildman–Crippen MR) is 108 cm³/mol. The lowest BCUT2D eigenvalue weighted by Gasteiger charge is -2.07. The third-order valence-corrected chi connectivity index (χ3v) is 4.35. The average molecular weight is 400 g/mol. The maximum Gasteiger partial charge on any atom is 0.220 e. The molecule has 1 N–H and O–H groups in total. The fourth-order valence-electron chi connectivity index (χ4n) is 2.57. The van der Waals surface area contributed by atoms with Crippen LogP contribution in [-0.4, -0.2) is 29.4 Å². The number of methoxy groups -OCH3 is 1. The second kappa shape index (κ2) is 9.80. The lowest BCUT2D eigenvalue weighted by Crippen LogP contribution is -2.22. The lowest BCUT2D eigenvalue weighted by atomic mass is 10.3. The van der Waals surface area contributed by atoms with Gasteiger partial charge in [-0.3, -0.25) is 4.79 Å². The highest BCUT2D eigenvalue weighted by Gasteiger charge is 2.05. The Kier molecular flexibility index (Phi) is 6.92. The fraction of sp³-hybridized carbons (Fsp3) is 0.238. The molecule has 0 fully saturated rings. The molecule has 146 valence electrons. The number of halogens is 1. The largest absolute Gasteiger partial charge is 0.497 e. The summed E-state index contributed by atoms with van der Waals surface area (Å²) in [7, 11) is 1.62. The van der Waals surface area contributed by atoms with Crippen molar-refractivity contribution in [3.63, 3.8) is 0 Å². The van der Waals surface area contributed by atoms with E-state index in [1.165, 1.54) is 0 Å². The minimum absolute atomic E-state index is 0.0161. The van der Waals surface area contributed by atoms with E-state index in [0.29, 0.717) is 31.0 Å². The molecular weight excluding hydrogens is 378 g/mol. The molecule has 0 bridgehead atoms. The average Bonchev–Trinajstić information content (AvgIpc) is 3.20. The fourth-order valence-corrected chi connectivity index (χ4v) is 2.70. The van der Waals surface area contributed by atoms with Gasteiger partial charge in [-0.2, -0.15) is 5.10 Å². The number of carbonyl (C=O) groups is 1. The Balaban J connectivity index is 1.36. The quantitative estimate of drug-likeness (QED) is 0.552. The third kappa shape index (κ3) is 5.76. The summed E-state index contributed by atoms with van der Waals surface area (Å²) in [6, 6.07) is 14.8. The van der Waals surface area contributed by atoms with Gasteiger partial charge < -0.3 is 14.8 Å². The molecule has 0 saturated heterocycles. The Morgan fingerprint density at radius 2 is 1.82 bits per heavy atom. The van der Waals surface area contributed by atoms with Crippen molar-refractivity contribution in [2.24, 2.45) is 0 Å². The van der Waals surface area contributed by atoms with Crippen molar-refractivity contribution >= 4 is 17.5 Å². The van der Waals surface area contributed by atoms with Crippen molar-refractivity contribution in [1.29, 1.82) is 0 Å². The van der Waals surface area contributed by atoms with Gasteiger partial charge in [0.05, 0.1) is 25.6 Å². The first kappa shape index (κ1) is 19.8. The van der Waals surface area contributed by atoms with E-state index in [4.69, 9.17) is 21.1 Å². The minimum atomic E-state index is -0.0161. The topological polar surface area (TPSA) is 65.4 Å². The van der Waals surface area contributed by atoms with Gasteiger partial charge in [-0.15, -0.1) is 0 Å². The number of hydrogen-bond donors (Lipinski definition) is 1. The van der Waals surface area contributed by atoms with E-state index in [0.717, 1.165) is 22.7 Å². The SMILES string of the molecule is COc1ccc(OCCCC(=O)NCc2cnn(-c3ccc(Cl)cc3)c2)cc1. The smallest absolute Gasteiger partial charge is 0.220 e. The third-order valence-electron chi connectivity index (χ3n) is 4.09. The molecule has 1 heterocycles. The van der Waals surface area contributed by atoms with E-state index >= 15 is 0 Å². The Morgan fingerprint density at radius 3 is 2.54 bits per heavy atom. The van der Waals surface area contributed by atoms with Crippen LogP contribution in [0.1, 0.15) is 18.4 Å². The van der Waals surface area contributed by atoms with Gasteiger partial charge in [0, 0.05) is 29.7 Å². The summed E-state index contributed by atoms with van der Waals surface area (Å²) in [6.07, 6.45) is 4.67. The molecule has 0 unspecified atom stereocenters. The number of aromatic nitrogens is 2. The molecule has 0 radical (unpaired) electrons. The molecule has 1 amide bonds. The molecule has 7 heteroatoms. The van der Waals surface area contributed by atoms with Crippen molar-refractivity contribution in [2.75, 3.05) is 13.7 Å². The molecule has 0 saturated carbocycles. The molecule has 28 heavy (non-hydrogen) atoms. The van der Waals surface area contributed by atoms with Crippen molar-refractivity contribution in [1.82, 2.24) is 15.1 Å². The normalized spacial score (nSPS) is 10.5. The van der Waals surface area contributed by atoms with Crippen LogP contribution >= 0.6 is 11.6 Å². The zero-order chi connectivity index (χ0) is 19.8. The summed E-state index contributed by atoms with van der Waals surface area (Å²) in [5, 5.41) is 7.89. The minimum Gasteiger partial charge on any atom is -0.497 e. The van der Waals surface area contributed by atoms with Gasteiger partial charge in [0.25, 0.3) is 0 Å². The number of hydrogen-bond acceptors (Lipinski definition) is 4. The number of nitrogens with zero attached hydrogens (tertiary/aromatic N) is 2. The maximum atomic E-state index is 12.0. The molecule has 0 aliphatic heterocycles. The second-order valence-electron chi connectivity index (χ2n) is 6.17. The van der Waals surface area contributed by atoms with Gasteiger partial charge >= 0.3 is 0 Å². The summed E-state index contributed by atoms with van der Waals surface area (Å²) in [4.78, 5) is 12.0. The van der Waals surface area contributed by atoms with E-state index in [1.54, 1.807) is 18.0 Å². The zero-order valence-electron chi connectivity index (χ0n) is 15.6. The molecule has 3 aromatic rings. The first-order valence-corrected chi connectivity index (χ1v) is 9.35. The number of benzene rings is 2. The van der Waals surface area contributed by atoms with E-state index < -0.39 is 0 Å². The summed E-state index contributed by atoms with van der Waals surface area (Å²) in [5.41, 5.74) is 1.84. The second-order valence-corrected chi connectivity index (χ2v) is 6.61. The molecule has 0 aliphatic rings. The molecule has 0 spiro atoms. The van der Waals surface area contributed by atoms with Crippen LogP contribution in [0.3, 0.4) is 0 Å². The number of amides is 1. The van der Waals surface area contributed by atoms with Gasteiger partial charge in [-0.25, -0.2) is 4.68 Å². The monoisotopic (exact) mass is 399 g/mol. The molecule has 0 aliphatic carbocycles. The predicted octanol–water partition coefficient (Wildman–Crippen LogP) is 4.01. The van der Waals surface area contributed by atoms with Crippen molar-refractivity contribution in [3.05, 3.63) is 71.5 Å². The Morgan fingerprint density at radius 1 is 1.11 bits per heavy atom. The van der Waals surface area contributed by atoms with Gasteiger partial charge in [-0.05, 0) is 55.0 Å². The summed E-state index contributed by atoms with van der Waals surface area (Å²) in [6.45, 7) is 0.917. The molecule has 6 nitrogen and oxygen atoms in total. The van der Waals surface area contributed by atoms with Gasteiger partial charge in [0.15, 0.2) is 0 Å². The van der Waals surface area contributed by atoms with E-state index in [9.17, 15) is 4.79 Å². The van der Waals surface area contributed by atoms with Crippen LogP contribution in [-0.2, 0) is 11.3 Å². The van der Waals surface area contributed by atoms with Gasteiger partial charge in [0.2, 0.25) is 5.91 Å². The Hall–Kier alpha value is -2.99. The van der Waals surface area contributed by atoms with Crippen LogP contribution in [0.15, 0.2) is 60.9 Å². The van der Waals surface area contributed by atoms with Gasteiger partial charge in [0.1, 0.15) is 11.5 Å². The highest BCUT2D eigenvalue weighted by Crippen LogP contribution is 2.17. The summed E-state index contributed by atoms with van der Waals surface area (Å²) < 4.78 is 12.5. The Bertz CT molecular complexity index is 892. The standard InChI is InChI=1S/C21H22ClN3O3/c1-27-19-8-10-20(11-9-19)28-12-2-3-21(26)23-13-16-14-24-25(15-16)18-6-4-17(22)5-7-18/h4-11,14-15H,2-3,12-13H2,1H3,(H,23,26). The zero-order valence-corrected chi connectivity index (χ0v) is 16.4. The van der Waals surface area contributed by atoms with Crippen molar-refractivity contribution < 1.29 is 14.3 Å². The van der Waals surface area contributed by atoms with Crippen LogP contribution in [0.25, 0.3) is 5.69 Å². The lowest BCUT2D eigenvalue weighted by molar-refractivity contribution is -0.121. The number of nitrogens with one attached hydrogen (secondary N) is 1. The molecule has 0 atom stereocenters. The van der Waals surface area contributed by atoms with Crippen LogP contribution in [0.2, 0.25) is 5.02 Å². The van der Waals surface area contributed by atoms with E-state index in [2.05, 4.69) is 10.4 Å². The van der Waals surface area contributed by atoms with Crippen LogP contribution in [0, 0.1) is 0 Å². The summed E-state index contributed by atoms with van der Waals surface area (Å²) >= 11 is 5.90. The number of carbonyl (C=O) groups excluding carboxylic acids is 1. The maximum absolute atomic E-state index is 12.0. The first-order valence-electron chi connectivity index (χ1n) is 8.97. The van der Waals surface area contributed by atoms with Crippen LogP contribution < -0.4 is 14.8 Å². The van der Waals surface area contributed by atoms with Crippen LogP contribution in [0.4, 0.5) is 0 Å². The number of ether oxygens (including phenoxy) is 2. The van der Waals surface area contributed by atoms with E-state index in [-0.39, 0.29) is 5.91 Å². The van der Waals surface area contributed by atoms with E-state index in [1.807, 2.05) is 54.7 Å². The molecule has 3 rings (SSSR count). The molecule has 1 aromatic heterocycles. The number of rotatable bonds is 9. The molecule has 2 aromatic carbocycles.